The van der Waals surface area contributed by atoms with E-state index in [1.54, 1.807) is 12.1 Å². The lowest BCUT2D eigenvalue weighted by atomic mass is 10.1. The van der Waals surface area contributed by atoms with Gasteiger partial charge in [-0.25, -0.2) is 4.79 Å². The van der Waals surface area contributed by atoms with Gasteiger partial charge in [0.15, 0.2) is 5.12 Å². The number of hydrogen-bond donors (Lipinski definition) is 2. The van der Waals surface area contributed by atoms with Crippen molar-refractivity contribution >= 4 is 39.8 Å². The van der Waals surface area contributed by atoms with Gasteiger partial charge >= 0.3 is 5.97 Å². The van der Waals surface area contributed by atoms with Crippen molar-refractivity contribution in [1.82, 2.24) is 4.98 Å². The first-order valence-corrected chi connectivity index (χ1v) is 7.66. The maximum absolute atomic E-state index is 12.1. The van der Waals surface area contributed by atoms with Crippen LogP contribution < -0.4 is 5.43 Å². The highest BCUT2D eigenvalue weighted by Gasteiger charge is 2.11. The topological polar surface area (TPSA) is 87.2 Å². The first-order valence-electron chi connectivity index (χ1n) is 6.67. The Kier molecular flexibility index (Phi) is 5.16. The van der Waals surface area contributed by atoms with E-state index in [4.69, 9.17) is 5.11 Å². The molecule has 5 nitrogen and oxygen atoms in total. The van der Waals surface area contributed by atoms with Crippen molar-refractivity contribution < 1.29 is 14.7 Å². The molecular formula is C16H15NO4S. The number of thioether (sulfide) groups is 1. The van der Waals surface area contributed by atoms with E-state index in [1.807, 2.05) is 18.2 Å². The molecule has 2 N–H and O–H groups in total. The van der Waals surface area contributed by atoms with Crippen LogP contribution in [0.2, 0.25) is 0 Å². The van der Waals surface area contributed by atoms with Gasteiger partial charge in [-0.3, -0.25) is 9.59 Å². The van der Waals surface area contributed by atoms with E-state index in [2.05, 4.69) is 4.98 Å². The predicted octanol–water partition coefficient (Wildman–Crippen LogP) is 2.91. The third-order valence-corrected chi connectivity index (χ3v) is 3.88. The average Bonchev–Trinajstić information content (AvgIpc) is 2.47. The van der Waals surface area contributed by atoms with Gasteiger partial charge in [-0.15, -0.1) is 0 Å². The van der Waals surface area contributed by atoms with Gasteiger partial charge in [0.05, 0.1) is 0 Å². The summed E-state index contributed by atoms with van der Waals surface area (Å²) in [5.41, 5.74) is 0.641. The lowest BCUT2D eigenvalue weighted by molar-refractivity contribution is -0.109. The minimum Gasteiger partial charge on any atom is -0.477 e. The predicted molar refractivity (Wildman–Crippen MR) is 88.3 cm³/mol. The minimum absolute atomic E-state index is 0.0897. The highest BCUT2D eigenvalue weighted by atomic mass is 32.2. The van der Waals surface area contributed by atoms with Crippen molar-refractivity contribution in [2.45, 2.75) is 13.3 Å². The smallest absolute Gasteiger partial charge is 0.341 e. The fourth-order valence-corrected chi connectivity index (χ4v) is 2.53. The van der Waals surface area contributed by atoms with Crippen molar-refractivity contribution in [3.63, 3.8) is 0 Å². The number of carbonyl (C=O) groups is 2. The molecule has 2 rings (SSSR count). The number of fused-ring (bicyclic) bond motifs is 1. The number of carboxylic acids is 1. The normalized spacial score (nSPS) is 11.1. The van der Waals surface area contributed by atoms with Gasteiger partial charge in [0.1, 0.15) is 5.56 Å². The molecule has 1 aromatic carbocycles. The first kappa shape index (κ1) is 16.0. The molecule has 0 bridgehead atoms. The van der Waals surface area contributed by atoms with Gasteiger partial charge in [0.25, 0.3) is 0 Å². The second kappa shape index (κ2) is 7.09. The number of nitrogens with one attached hydrogen (secondary N) is 1. The Morgan fingerprint density at radius 2 is 2.14 bits per heavy atom. The van der Waals surface area contributed by atoms with E-state index in [-0.39, 0.29) is 10.7 Å². The minimum atomic E-state index is -1.25. The molecule has 0 spiro atoms. The summed E-state index contributed by atoms with van der Waals surface area (Å²) in [4.78, 5) is 36.7. The van der Waals surface area contributed by atoms with Gasteiger partial charge in [0, 0.05) is 29.8 Å². The molecule has 0 aliphatic rings. The number of aromatic nitrogens is 1. The van der Waals surface area contributed by atoms with Crippen LogP contribution in [0.25, 0.3) is 17.0 Å². The number of aromatic carboxylic acids is 1. The maximum Gasteiger partial charge on any atom is 0.341 e. The second-order valence-electron chi connectivity index (χ2n) is 4.67. The zero-order valence-electron chi connectivity index (χ0n) is 12.0. The number of rotatable bonds is 5. The molecule has 0 unspecified atom stereocenters. The van der Waals surface area contributed by atoms with E-state index >= 15 is 0 Å². The molecule has 0 amide bonds. The van der Waals surface area contributed by atoms with Crippen LogP contribution in [-0.4, -0.2) is 26.9 Å². The number of benzene rings is 1. The van der Waals surface area contributed by atoms with Crippen molar-refractivity contribution in [3.8, 4) is 0 Å². The Hall–Kier alpha value is -2.34. The zero-order chi connectivity index (χ0) is 16.1. The third-order valence-electron chi connectivity index (χ3n) is 3.04. The molecule has 114 valence electrons. The van der Waals surface area contributed by atoms with Crippen molar-refractivity contribution in [2.24, 2.45) is 0 Å². The number of carboxylic acid groups (broad SMARTS) is 1. The van der Waals surface area contributed by atoms with Crippen LogP contribution in [0.15, 0.2) is 35.3 Å². The standard InChI is InChI=1S/C16H15NO4S/c1-10(18)22-7-3-2-4-11-5-6-14-12(8-11)15(19)13(9-17-14)16(20)21/h2,4-6,8-9H,3,7H2,1H3,(H,17,19)(H,20,21). The van der Waals surface area contributed by atoms with Crippen molar-refractivity contribution in [1.29, 1.82) is 0 Å². The third kappa shape index (κ3) is 3.85. The lowest BCUT2D eigenvalue weighted by Crippen LogP contribution is -2.15. The van der Waals surface area contributed by atoms with Crippen molar-refractivity contribution in [3.05, 3.63) is 51.8 Å². The van der Waals surface area contributed by atoms with E-state index in [1.165, 1.54) is 24.9 Å². The van der Waals surface area contributed by atoms with Crippen LogP contribution in [0.1, 0.15) is 29.3 Å². The Balaban J connectivity index is 2.24. The van der Waals surface area contributed by atoms with Gasteiger partial charge in [-0.05, 0) is 24.1 Å². The van der Waals surface area contributed by atoms with Crippen molar-refractivity contribution in [2.75, 3.05) is 5.75 Å². The van der Waals surface area contributed by atoms with Gasteiger partial charge in [0.2, 0.25) is 5.43 Å². The molecule has 0 saturated carbocycles. The summed E-state index contributed by atoms with van der Waals surface area (Å²) in [6.45, 7) is 1.53. The van der Waals surface area contributed by atoms with Crippen LogP contribution >= 0.6 is 11.8 Å². The van der Waals surface area contributed by atoms with E-state index in [0.717, 1.165) is 12.0 Å². The second-order valence-corrected chi connectivity index (χ2v) is 5.94. The molecule has 2 aromatic rings. The SMILES string of the molecule is CC(=O)SCCC=Cc1ccc2[nH]cc(C(=O)O)c(=O)c2c1. The fraction of sp³-hybridized carbons (Fsp3) is 0.188. The highest BCUT2D eigenvalue weighted by Crippen LogP contribution is 2.13. The average molecular weight is 317 g/mol. The molecule has 0 aliphatic heterocycles. The maximum atomic E-state index is 12.1. The molecular weight excluding hydrogens is 302 g/mol. The molecule has 0 atom stereocenters. The summed E-state index contributed by atoms with van der Waals surface area (Å²) in [5.74, 6) is -0.534. The number of pyridine rings is 1. The number of H-pyrrole nitrogens is 1. The van der Waals surface area contributed by atoms with Crippen LogP contribution in [0.4, 0.5) is 0 Å². The van der Waals surface area contributed by atoms with Gasteiger partial charge in [-0.2, -0.15) is 0 Å². The Labute approximate surface area is 131 Å². The van der Waals surface area contributed by atoms with E-state index in [0.29, 0.717) is 16.7 Å². The van der Waals surface area contributed by atoms with Crippen LogP contribution in [0, 0.1) is 0 Å². The Bertz CT molecular complexity index is 807. The summed E-state index contributed by atoms with van der Waals surface area (Å²) < 4.78 is 0. The Morgan fingerprint density at radius 3 is 2.82 bits per heavy atom. The number of allylic oxidation sites excluding steroid dienone is 1. The molecule has 0 fully saturated rings. The van der Waals surface area contributed by atoms with Gasteiger partial charge < -0.3 is 10.1 Å². The molecule has 0 aliphatic carbocycles. The monoisotopic (exact) mass is 317 g/mol. The van der Waals surface area contributed by atoms with Crippen LogP contribution in [0.5, 0.6) is 0 Å². The molecule has 22 heavy (non-hydrogen) atoms. The summed E-state index contributed by atoms with van der Waals surface area (Å²) in [5, 5.41) is 9.41. The Morgan fingerprint density at radius 1 is 1.36 bits per heavy atom. The quantitative estimate of drug-likeness (QED) is 0.828. The lowest BCUT2D eigenvalue weighted by Gasteiger charge is -2.01. The number of carbonyl (C=O) groups excluding carboxylic acids is 1. The number of aromatic amines is 1. The molecule has 0 saturated heterocycles. The molecule has 0 radical (unpaired) electrons. The summed E-state index contributed by atoms with van der Waals surface area (Å²) in [6.07, 6.45) is 5.73. The fourth-order valence-electron chi connectivity index (χ4n) is 1.99. The zero-order valence-corrected chi connectivity index (χ0v) is 12.8. The number of hydrogen-bond acceptors (Lipinski definition) is 4. The van der Waals surface area contributed by atoms with E-state index in [9.17, 15) is 14.4 Å². The summed E-state index contributed by atoms with van der Waals surface area (Å²) in [6, 6.07) is 5.24. The molecule has 1 heterocycles. The molecule has 6 heteroatoms. The largest absolute Gasteiger partial charge is 0.477 e. The summed E-state index contributed by atoms with van der Waals surface area (Å²) >= 11 is 1.27. The van der Waals surface area contributed by atoms with Crippen LogP contribution in [0.3, 0.4) is 0 Å². The highest BCUT2D eigenvalue weighted by molar-refractivity contribution is 8.13. The van der Waals surface area contributed by atoms with Crippen LogP contribution in [-0.2, 0) is 4.79 Å². The molecule has 1 aromatic heterocycles. The summed E-state index contributed by atoms with van der Waals surface area (Å²) in [7, 11) is 0. The first-order chi connectivity index (χ1) is 10.5. The van der Waals surface area contributed by atoms with Gasteiger partial charge in [-0.1, -0.05) is 30.0 Å². The van der Waals surface area contributed by atoms with E-state index < -0.39 is 11.4 Å².